The fraction of sp³-hybridized carbons (Fsp3) is 0. The third-order valence-corrected chi connectivity index (χ3v) is 3.97. The highest BCUT2D eigenvalue weighted by Crippen LogP contribution is 2.23. The van der Waals surface area contributed by atoms with Crippen LogP contribution in [0.2, 0.25) is 0 Å². The Balaban J connectivity index is 1.70. The molecule has 1 amide bonds. The van der Waals surface area contributed by atoms with Gasteiger partial charge in [-0.15, -0.1) is 0 Å². The molecule has 1 heterocycles. The van der Waals surface area contributed by atoms with Crippen molar-refractivity contribution in [3.05, 3.63) is 96.0 Å². The number of amides is 1. The van der Waals surface area contributed by atoms with Crippen molar-refractivity contribution in [2.75, 3.05) is 0 Å². The summed E-state index contributed by atoms with van der Waals surface area (Å²) in [5.41, 5.74) is 7.16. The second-order valence-electron chi connectivity index (χ2n) is 5.89. The summed E-state index contributed by atoms with van der Waals surface area (Å²) in [7, 11) is 0. The summed E-state index contributed by atoms with van der Waals surface area (Å²) in [6.07, 6.45) is 0. The number of hydrogen-bond acceptors (Lipinski definition) is 4. The van der Waals surface area contributed by atoms with Crippen LogP contribution in [0.25, 0.3) is 11.0 Å². The summed E-state index contributed by atoms with van der Waals surface area (Å²) in [4.78, 5) is 16.2. The molecule has 132 valence electrons. The van der Waals surface area contributed by atoms with Crippen LogP contribution >= 0.6 is 0 Å². The van der Waals surface area contributed by atoms with Crippen LogP contribution in [0.1, 0.15) is 10.4 Å². The molecule has 3 aromatic carbocycles. The Bertz CT molecular complexity index is 1160. The number of primary amides is 1. The zero-order valence-corrected chi connectivity index (χ0v) is 14.3. The van der Waals surface area contributed by atoms with E-state index in [1.165, 1.54) is 0 Å². The predicted molar refractivity (Wildman–Crippen MR) is 103 cm³/mol. The maximum Gasteiger partial charge on any atom is 0.254 e. The highest BCUT2D eigenvalue weighted by molar-refractivity contribution is 5.95. The molecule has 0 fully saturated rings. The van der Waals surface area contributed by atoms with Crippen molar-refractivity contribution in [2.24, 2.45) is 10.7 Å². The topological polar surface area (TPSA) is 77.8 Å². The monoisotopic (exact) mass is 356 g/mol. The van der Waals surface area contributed by atoms with Gasteiger partial charge < -0.3 is 14.9 Å². The number of carbonyl (C=O) groups excluding carboxylic acids is 1. The number of ether oxygens (including phenoxy) is 1. The van der Waals surface area contributed by atoms with E-state index < -0.39 is 5.91 Å². The van der Waals surface area contributed by atoms with Crippen LogP contribution in [0.5, 0.6) is 11.5 Å². The van der Waals surface area contributed by atoms with E-state index in [0.717, 1.165) is 11.1 Å². The Kier molecular flexibility index (Phi) is 4.41. The van der Waals surface area contributed by atoms with Gasteiger partial charge in [-0.3, -0.25) is 4.79 Å². The number of hydrogen-bond donors (Lipinski definition) is 1. The summed E-state index contributed by atoms with van der Waals surface area (Å²) in [6.45, 7) is 0. The third-order valence-electron chi connectivity index (χ3n) is 3.97. The number of para-hydroxylation sites is 2. The van der Waals surface area contributed by atoms with Crippen LogP contribution < -0.4 is 16.0 Å². The van der Waals surface area contributed by atoms with Crippen LogP contribution in [0.15, 0.2) is 94.3 Å². The summed E-state index contributed by atoms with van der Waals surface area (Å²) >= 11 is 0. The molecule has 0 spiro atoms. The second-order valence-corrected chi connectivity index (χ2v) is 5.89. The first-order valence-electron chi connectivity index (χ1n) is 8.39. The molecular formula is C22H16N2O3. The molecule has 1 aromatic heterocycles. The maximum absolute atomic E-state index is 11.8. The van der Waals surface area contributed by atoms with Gasteiger partial charge in [-0.05, 0) is 48.5 Å². The van der Waals surface area contributed by atoms with Crippen molar-refractivity contribution in [3.63, 3.8) is 0 Å². The van der Waals surface area contributed by atoms with Gasteiger partial charge in [-0.2, -0.15) is 0 Å². The lowest BCUT2D eigenvalue weighted by Crippen LogP contribution is -2.21. The van der Waals surface area contributed by atoms with Gasteiger partial charge in [0.2, 0.25) is 5.55 Å². The van der Waals surface area contributed by atoms with E-state index in [2.05, 4.69) is 4.99 Å². The van der Waals surface area contributed by atoms with Crippen molar-refractivity contribution >= 4 is 22.6 Å². The molecular weight excluding hydrogens is 340 g/mol. The normalized spacial score (nSPS) is 11.5. The number of fused-ring (bicyclic) bond motifs is 1. The Labute approximate surface area is 155 Å². The van der Waals surface area contributed by atoms with Crippen LogP contribution in [0, 0.1) is 0 Å². The number of benzene rings is 3. The molecule has 4 aromatic rings. The first-order valence-corrected chi connectivity index (χ1v) is 8.39. The van der Waals surface area contributed by atoms with Crippen molar-refractivity contribution in [2.45, 2.75) is 0 Å². The molecule has 0 aliphatic carbocycles. The van der Waals surface area contributed by atoms with E-state index in [-0.39, 0.29) is 11.1 Å². The van der Waals surface area contributed by atoms with E-state index in [9.17, 15) is 4.79 Å². The summed E-state index contributed by atoms with van der Waals surface area (Å²) in [6, 6.07) is 25.8. The fourth-order valence-corrected chi connectivity index (χ4v) is 2.66. The molecule has 27 heavy (non-hydrogen) atoms. The third kappa shape index (κ3) is 3.72. The lowest BCUT2D eigenvalue weighted by Gasteiger charge is -2.05. The van der Waals surface area contributed by atoms with Crippen molar-refractivity contribution < 1.29 is 13.9 Å². The van der Waals surface area contributed by atoms with E-state index in [1.807, 2.05) is 54.6 Å². The smallest absolute Gasteiger partial charge is 0.254 e. The Morgan fingerprint density at radius 2 is 1.52 bits per heavy atom. The standard InChI is InChI=1S/C22H16N2O3/c23-21(25)19-14-15-6-4-5-9-20(15)27-22(19)24-16-10-12-18(13-11-16)26-17-7-2-1-3-8-17/h1-14H,(H2,23,25). The predicted octanol–water partition coefficient (Wildman–Crippen LogP) is 4.56. The quantitative estimate of drug-likeness (QED) is 0.582. The molecule has 0 saturated heterocycles. The highest BCUT2D eigenvalue weighted by Gasteiger charge is 2.09. The van der Waals surface area contributed by atoms with Crippen LogP contribution in [-0.4, -0.2) is 5.91 Å². The second kappa shape index (κ2) is 7.17. The molecule has 0 atom stereocenters. The van der Waals surface area contributed by atoms with Gasteiger partial charge in [-0.1, -0.05) is 36.4 Å². The molecule has 4 rings (SSSR count). The highest BCUT2D eigenvalue weighted by atomic mass is 16.5. The zero-order chi connectivity index (χ0) is 18.6. The van der Waals surface area contributed by atoms with Crippen LogP contribution in [0.4, 0.5) is 5.69 Å². The van der Waals surface area contributed by atoms with Crippen LogP contribution in [0.3, 0.4) is 0 Å². The van der Waals surface area contributed by atoms with E-state index in [4.69, 9.17) is 14.9 Å². The minimum atomic E-state index is -0.590. The Morgan fingerprint density at radius 1 is 0.852 bits per heavy atom. The van der Waals surface area contributed by atoms with E-state index >= 15 is 0 Å². The SMILES string of the molecule is NC(=O)c1cc2ccccc2oc1=Nc1ccc(Oc2ccccc2)cc1. The lowest BCUT2D eigenvalue weighted by molar-refractivity contribution is 0.0996. The Hall–Kier alpha value is -3.86. The van der Waals surface area contributed by atoms with Crippen molar-refractivity contribution in [1.82, 2.24) is 0 Å². The summed E-state index contributed by atoms with van der Waals surface area (Å²) < 4.78 is 11.5. The van der Waals surface area contributed by atoms with Crippen molar-refractivity contribution in [3.8, 4) is 11.5 Å². The van der Waals surface area contributed by atoms with E-state index in [1.54, 1.807) is 30.3 Å². The van der Waals surface area contributed by atoms with Gasteiger partial charge in [0.25, 0.3) is 5.91 Å². The number of carbonyl (C=O) groups is 1. The molecule has 0 bridgehead atoms. The zero-order valence-electron chi connectivity index (χ0n) is 14.3. The van der Waals surface area contributed by atoms with Gasteiger partial charge >= 0.3 is 0 Å². The molecule has 0 aliphatic heterocycles. The molecule has 0 saturated carbocycles. The number of nitrogens with zero attached hydrogens (tertiary/aromatic N) is 1. The molecule has 5 nitrogen and oxygen atoms in total. The lowest BCUT2D eigenvalue weighted by atomic mass is 10.2. The number of rotatable bonds is 4. The maximum atomic E-state index is 11.8. The van der Waals surface area contributed by atoms with Crippen molar-refractivity contribution in [1.29, 1.82) is 0 Å². The van der Waals surface area contributed by atoms with Gasteiger partial charge in [0.05, 0.1) is 5.69 Å². The Morgan fingerprint density at radius 3 is 2.26 bits per heavy atom. The summed E-state index contributed by atoms with van der Waals surface area (Å²) in [5.74, 6) is 0.848. The first-order chi connectivity index (χ1) is 13.2. The molecule has 0 unspecified atom stereocenters. The minimum Gasteiger partial charge on any atom is -0.457 e. The molecule has 2 N–H and O–H groups in total. The van der Waals surface area contributed by atoms with Crippen LogP contribution in [-0.2, 0) is 0 Å². The average molecular weight is 356 g/mol. The van der Waals surface area contributed by atoms with Gasteiger partial charge in [-0.25, -0.2) is 4.99 Å². The van der Waals surface area contributed by atoms with Gasteiger partial charge in [0.15, 0.2) is 0 Å². The fourth-order valence-electron chi connectivity index (χ4n) is 2.66. The first kappa shape index (κ1) is 16.6. The molecule has 0 aliphatic rings. The molecule has 5 heteroatoms. The largest absolute Gasteiger partial charge is 0.457 e. The summed E-state index contributed by atoms with van der Waals surface area (Å²) in [5, 5.41) is 0.789. The average Bonchev–Trinajstić information content (AvgIpc) is 2.69. The minimum absolute atomic E-state index is 0.179. The van der Waals surface area contributed by atoms with Gasteiger partial charge in [0.1, 0.15) is 22.6 Å². The number of nitrogens with two attached hydrogens (primary N) is 1. The van der Waals surface area contributed by atoms with Gasteiger partial charge in [0, 0.05) is 5.39 Å². The van der Waals surface area contributed by atoms with E-state index in [0.29, 0.717) is 17.0 Å². The molecule has 0 radical (unpaired) electrons.